The fourth-order valence-electron chi connectivity index (χ4n) is 1.70. The van der Waals surface area contributed by atoms with Gasteiger partial charge in [0.25, 0.3) is 0 Å². The molecule has 0 aliphatic rings. The van der Waals surface area contributed by atoms with Crippen molar-refractivity contribution in [1.29, 1.82) is 0 Å². The number of hydrogen-bond donors (Lipinski definition) is 1. The first-order valence-corrected chi connectivity index (χ1v) is 7.82. The Morgan fingerprint density at radius 1 is 1.22 bits per heavy atom. The highest BCUT2D eigenvalue weighted by Crippen LogP contribution is 2.29. The van der Waals surface area contributed by atoms with Crippen LogP contribution >= 0.6 is 43.2 Å². The first kappa shape index (κ1) is 14.1. The number of benzene rings is 1. The Balaban J connectivity index is 2.18. The van der Waals surface area contributed by atoms with Gasteiger partial charge in [-0.3, -0.25) is 0 Å². The molecule has 1 N–H and O–H groups in total. The summed E-state index contributed by atoms with van der Waals surface area (Å²) in [5.41, 5.74) is 1.82. The fraction of sp³-hybridized carbons (Fsp3) is 0.231. The van der Waals surface area contributed by atoms with E-state index in [1.807, 2.05) is 30.5 Å². The minimum Gasteiger partial charge on any atom is -0.487 e. The van der Waals surface area contributed by atoms with Gasteiger partial charge in [0.05, 0.1) is 6.61 Å². The maximum Gasteiger partial charge on any atom is 0.128 e. The van der Waals surface area contributed by atoms with Crippen LogP contribution in [-0.2, 0) is 13.2 Å². The van der Waals surface area contributed by atoms with Gasteiger partial charge in [0.2, 0.25) is 0 Å². The molecule has 0 amide bonds. The monoisotopic (exact) mass is 390 g/mol. The molecule has 0 aliphatic heterocycles. The Labute approximate surface area is 127 Å². The standard InChI is InChI=1S/C13H12Br2O2S/c1-8-2-10(14)3-9(5-16)13(8)17-6-12-4-11(15)7-18-12/h2-4,7,16H,5-6H2,1H3. The normalized spacial score (nSPS) is 10.7. The Morgan fingerprint density at radius 3 is 2.61 bits per heavy atom. The molecule has 96 valence electrons. The minimum atomic E-state index is -0.0241. The third-order valence-electron chi connectivity index (χ3n) is 2.47. The van der Waals surface area contributed by atoms with Crippen LogP contribution < -0.4 is 4.74 Å². The summed E-state index contributed by atoms with van der Waals surface area (Å²) in [4.78, 5) is 1.15. The van der Waals surface area contributed by atoms with Crippen molar-refractivity contribution in [3.05, 3.63) is 48.5 Å². The molecule has 0 atom stereocenters. The number of aliphatic hydroxyl groups is 1. The Morgan fingerprint density at radius 2 is 2.00 bits per heavy atom. The number of aryl methyl sites for hydroxylation is 1. The second-order valence-electron chi connectivity index (χ2n) is 3.89. The lowest BCUT2D eigenvalue weighted by Crippen LogP contribution is -1.99. The van der Waals surface area contributed by atoms with Crippen LogP contribution in [0.4, 0.5) is 0 Å². The van der Waals surface area contributed by atoms with Crippen molar-refractivity contribution in [2.45, 2.75) is 20.1 Å². The molecule has 0 saturated carbocycles. The van der Waals surface area contributed by atoms with Gasteiger partial charge in [0.15, 0.2) is 0 Å². The van der Waals surface area contributed by atoms with E-state index in [0.717, 1.165) is 30.7 Å². The molecule has 0 aliphatic carbocycles. The average Bonchev–Trinajstić information content (AvgIpc) is 2.73. The first-order chi connectivity index (χ1) is 8.60. The summed E-state index contributed by atoms with van der Waals surface area (Å²) in [6.07, 6.45) is 0. The highest BCUT2D eigenvalue weighted by molar-refractivity contribution is 9.10. The molecular weight excluding hydrogens is 380 g/mol. The molecule has 0 saturated heterocycles. The predicted molar refractivity (Wildman–Crippen MR) is 81.2 cm³/mol. The second kappa shape index (κ2) is 6.19. The van der Waals surface area contributed by atoms with Gasteiger partial charge in [-0.1, -0.05) is 15.9 Å². The van der Waals surface area contributed by atoms with Crippen LogP contribution in [0.5, 0.6) is 5.75 Å². The van der Waals surface area contributed by atoms with Crippen LogP contribution in [0.2, 0.25) is 0 Å². The zero-order valence-corrected chi connectivity index (χ0v) is 13.7. The van der Waals surface area contributed by atoms with Crippen LogP contribution in [0.25, 0.3) is 0 Å². The van der Waals surface area contributed by atoms with Crippen molar-refractivity contribution in [2.75, 3.05) is 0 Å². The van der Waals surface area contributed by atoms with E-state index in [4.69, 9.17) is 4.74 Å². The zero-order chi connectivity index (χ0) is 13.1. The molecule has 5 heteroatoms. The summed E-state index contributed by atoms with van der Waals surface area (Å²) < 4.78 is 7.85. The fourth-order valence-corrected chi connectivity index (χ4v) is 3.68. The molecule has 2 aromatic rings. The van der Waals surface area contributed by atoms with E-state index < -0.39 is 0 Å². The summed E-state index contributed by atoms with van der Waals surface area (Å²) in [6.45, 7) is 2.47. The van der Waals surface area contributed by atoms with Gasteiger partial charge in [-0.25, -0.2) is 0 Å². The molecule has 18 heavy (non-hydrogen) atoms. The molecule has 0 unspecified atom stereocenters. The van der Waals surface area contributed by atoms with Crippen molar-refractivity contribution in [3.8, 4) is 5.75 Å². The van der Waals surface area contributed by atoms with Gasteiger partial charge < -0.3 is 9.84 Å². The lowest BCUT2D eigenvalue weighted by Gasteiger charge is -2.13. The van der Waals surface area contributed by atoms with Gasteiger partial charge in [-0.15, -0.1) is 11.3 Å². The summed E-state index contributed by atoms with van der Waals surface area (Å²) in [6, 6.07) is 5.91. The van der Waals surface area contributed by atoms with Gasteiger partial charge >= 0.3 is 0 Å². The highest BCUT2D eigenvalue weighted by atomic mass is 79.9. The molecule has 1 aromatic heterocycles. The van der Waals surface area contributed by atoms with E-state index in [1.54, 1.807) is 11.3 Å². The van der Waals surface area contributed by atoms with Crippen molar-refractivity contribution >= 4 is 43.2 Å². The Bertz CT molecular complexity index is 552. The molecule has 0 bridgehead atoms. The number of hydrogen-bond acceptors (Lipinski definition) is 3. The summed E-state index contributed by atoms with van der Waals surface area (Å²) in [5, 5.41) is 11.4. The smallest absolute Gasteiger partial charge is 0.128 e. The lowest BCUT2D eigenvalue weighted by molar-refractivity contribution is 0.259. The third kappa shape index (κ3) is 3.35. The maximum absolute atomic E-state index is 9.36. The van der Waals surface area contributed by atoms with Gasteiger partial charge in [-0.05, 0) is 46.6 Å². The predicted octanol–water partition coefficient (Wildman–Crippen LogP) is 4.65. The minimum absolute atomic E-state index is 0.0241. The summed E-state index contributed by atoms with van der Waals surface area (Å²) in [7, 11) is 0. The van der Waals surface area contributed by atoms with Crippen LogP contribution in [0.1, 0.15) is 16.0 Å². The van der Waals surface area contributed by atoms with Crippen molar-refractivity contribution in [2.24, 2.45) is 0 Å². The zero-order valence-electron chi connectivity index (χ0n) is 9.74. The van der Waals surface area contributed by atoms with Crippen LogP contribution in [-0.4, -0.2) is 5.11 Å². The average molecular weight is 392 g/mol. The van der Waals surface area contributed by atoms with Crippen LogP contribution in [0.3, 0.4) is 0 Å². The van der Waals surface area contributed by atoms with Gasteiger partial charge in [-0.2, -0.15) is 0 Å². The van der Waals surface area contributed by atoms with Crippen LogP contribution in [0, 0.1) is 6.92 Å². The molecule has 2 rings (SSSR count). The summed E-state index contributed by atoms with van der Waals surface area (Å²) >= 11 is 8.48. The number of aliphatic hydroxyl groups excluding tert-OH is 1. The molecule has 0 spiro atoms. The van der Waals surface area contributed by atoms with E-state index in [-0.39, 0.29) is 6.61 Å². The number of ether oxygens (including phenoxy) is 1. The van der Waals surface area contributed by atoms with E-state index in [2.05, 4.69) is 31.9 Å². The van der Waals surface area contributed by atoms with E-state index >= 15 is 0 Å². The highest BCUT2D eigenvalue weighted by Gasteiger charge is 2.09. The molecular formula is C13H12Br2O2S. The largest absolute Gasteiger partial charge is 0.487 e. The topological polar surface area (TPSA) is 29.5 Å². The van der Waals surface area contributed by atoms with Crippen molar-refractivity contribution in [3.63, 3.8) is 0 Å². The van der Waals surface area contributed by atoms with Crippen molar-refractivity contribution in [1.82, 2.24) is 0 Å². The first-order valence-electron chi connectivity index (χ1n) is 5.35. The third-order valence-corrected chi connectivity index (χ3v) is 4.60. The summed E-state index contributed by atoms with van der Waals surface area (Å²) in [5.74, 6) is 0.769. The van der Waals surface area contributed by atoms with Gasteiger partial charge in [0.1, 0.15) is 12.4 Å². The molecule has 1 aromatic carbocycles. The molecule has 0 radical (unpaired) electrons. The van der Waals surface area contributed by atoms with Crippen molar-refractivity contribution < 1.29 is 9.84 Å². The van der Waals surface area contributed by atoms with Crippen LogP contribution in [0.15, 0.2) is 32.5 Å². The number of rotatable bonds is 4. The SMILES string of the molecule is Cc1cc(Br)cc(CO)c1OCc1cc(Br)cs1. The van der Waals surface area contributed by atoms with Gasteiger partial charge in [0, 0.05) is 24.8 Å². The second-order valence-corrected chi connectivity index (χ2v) is 6.72. The number of thiophene rings is 1. The van der Waals surface area contributed by atoms with E-state index in [9.17, 15) is 5.11 Å². The van der Waals surface area contributed by atoms with E-state index in [1.165, 1.54) is 0 Å². The number of halogens is 2. The quantitative estimate of drug-likeness (QED) is 0.821. The molecule has 0 fully saturated rings. The molecule has 2 nitrogen and oxygen atoms in total. The maximum atomic E-state index is 9.36. The molecule has 1 heterocycles. The Kier molecular flexibility index (Phi) is 4.84. The van der Waals surface area contributed by atoms with E-state index in [0.29, 0.717) is 6.61 Å². The Hall–Kier alpha value is -0.360. The lowest BCUT2D eigenvalue weighted by atomic mass is 10.1.